The fourth-order valence-corrected chi connectivity index (χ4v) is 4.11. The van der Waals surface area contributed by atoms with Crippen LogP contribution in [0.5, 0.6) is 5.75 Å². The number of sulfonamides is 1. The number of likely N-dealkylation sites (tertiary alicyclic amines) is 1. The quantitative estimate of drug-likeness (QED) is 0.276. The summed E-state index contributed by atoms with van der Waals surface area (Å²) in [6.07, 6.45) is 3.71. The number of methoxy groups -OCH3 is 1. The van der Waals surface area contributed by atoms with E-state index in [1.165, 1.54) is 24.8 Å². The summed E-state index contributed by atoms with van der Waals surface area (Å²) in [7, 11) is -1.50. The molecule has 0 saturated carbocycles. The lowest BCUT2D eigenvalue weighted by atomic mass is 10.0. The van der Waals surface area contributed by atoms with Gasteiger partial charge in [-0.1, -0.05) is 18.6 Å². The first kappa shape index (κ1) is 24.4. The van der Waals surface area contributed by atoms with E-state index in [1.807, 2.05) is 19.1 Å². The number of guanidine groups is 1. The maximum Gasteiger partial charge on any atom is 0.211 e. The summed E-state index contributed by atoms with van der Waals surface area (Å²) in [5, 5.41) is 6.46. The zero-order valence-electron chi connectivity index (χ0n) is 18.5. The lowest BCUT2D eigenvalue weighted by Gasteiger charge is -2.34. The molecule has 8 nitrogen and oxygen atoms in total. The molecule has 1 atom stereocenters. The Labute approximate surface area is 181 Å². The van der Waals surface area contributed by atoms with E-state index in [2.05, 4.69) is 32.4 Å². The molecular weight excluding hydrogens is 402 g/mol. The topological polar surface area (TPSA) is 95.1 Å². The van der Waals surface area contributed by atoms with Gasteiger partial charge in [0.05, 0.1) is 25.4 Å². The van der Waals surface area contributed by atoms with Gasteiger partial charge in [-0.15, -0.1) is 0 Å². The number of piperidine rings is 1. The predicted octanol–water partition coefficient (Wildman–Crippen LogP) is 1.72. The second-order valence-electron chi connectivity index (χ2n) is 7.33. The molecule has 0 radical (unpaired) electrons. The summed E-state index contributed by atoms with van der Waals surface area (Å²) in [5.41, 5.74) is 1.23. The van der Waals surface area contributed by atoms with Crippen LogP contribution in [0.15, 0.2) is 29.3 Å². The molecule has 1 aliphatic rings. The number of hydrogen-bond donors (Lipinski definition) is 3. The maximum absolute atomic E-state index is 11.6. The van der Waals surface area contributed by atoms with Crippen LogP contribution in [0.25, 0.3) is 0 Å². The van der Waals surface area contributed by atoms with Gasteiger partial charge in [-0.05, 0) is 57.5 Å². The van der Waals surface area contributed by atoms with Crippen LogP contribution in [0.4, 0.5) is 0 Å². The van der Waals surface area contributed by atoms with Crippen LogP contribution in [0, 0.1) is 0 Å². The summed E-state index contributed by atoms with van der Waals surface area (Å²) in [5.74, 6) is 1.63. The highest BCUT2D eigenvalue weighted by Crippen LogP contribution is 2.26. The van der Waals surface area contributed by atoms with E-state index in [9.17, 15) is 8.42 Å². The zero-order chi connectivity index (χ0) is 21.8. The third-order valence-corrected chi connectivity index (χ3v) is 6.62. The fraction of sp³-hybridized carbons (Fsp3) is 0.667. The van der Waals surface area contributed by atoms with Crippen molar-refractivity contribution in [3.05, 3.63) is 29.8 Å². The van der Waals surface area contributed by atoms with E-state index in [-0.39, 0.29) is 11.8 Å². The van der Waals surface area contributed by atoms with E-state index in [1.54, 1.807) is 14.0 Å². The van der Waals surface area contributed by atoms with Crippen LogP contribution in [0.2, 0.25) is 0 Å². The molecule has 1 aromatic carbocycles. The molecule has 170 valence electrons. The van der Waals surface area contributed by atoms with Gasteiger partial charge in [0.25, 0.3) is 0 Å². The molecular formula is C21H37N5O3S. The van der Waals surface area contributed by atoms with Crippen LogP contribution >= 0.6 is 0 Å². The molecule has 1 aliphatic heterocycles. The molecule has 1 aromatic rings. The van der Waals surface area contributed by atoms with Gasteiger partial charge in [0, 0.05) is 19.6 Å². The highest BCUT2D eigenvalue weighted by Gasteiger charge is 2.22. The smallest absolute Gasteiger partial charge is 0.211 e. The molecule has 1 heterocycles. The van der Waals surface area contributed by atoms with Crippen molar-refractivity contribution in [3.63, 3.8) is 0 Å². The van der Waals surface area contributed by atoms with Gasteiger partial charge in [0.1, 0.15) is 5.75 Å². The van der Waals surface area contributed by atoms with Gasteiger partial charge >= 0.3 is 0 Å². The number of nitrogens with one attached hydrogen (secondary N) is 3. The van der Waals surface area contributed by atoms with Crippen LogP contribution in [-0.4, -0.2) is 71.4 Å². The maximum atomic E-state index is 11.6. The number of hydrogen-bond acceptors (Lipinski definition) is 5. The van der Waals surface area contributed by atoms with E-state index < -0.39 is 10.0 Å². The van der Waals surface area contributed by atoms with Crippen molar-refractivity contribution in [2.75, 3.05) is 52.1 Å². The SMILES string of the molecule is CCNC(=NCC(c1ccc(OC)cc1)N1CCCCC1)NCCNS(=O)(=O)CC. The average molecular weight is 440 g/mol. The normalized spacial score (nSPS) is 16.8. The number of nitrogens with zero attached hydrogens (tertiary/aromatic N) is 2. The minimum atomic E-state index is -3.18. The fourth-order valence-electron chi connectivity index (χ4n) is 3.50. The molecule has 0 spiro atoms. The summed E-state index contributed by atoms with van der Waals surface area (Å²) in [4.78, 5) is 7.31. The second-order valence-corrected chi connectivity index (χ2v) is 9.43. The Kier molecular flexibility index (Phi) is 10.4. The lowest BCUT2D eigenvalue weighted by Crippen LogP contribution is -2.42. The van der Waals surface area contributed by atoms with Gasteiger partial charge in [-0.3, -0.25) is 9.89 Å². The van der Waals surface area contributed by atoms with Crippen LogP contribution in [-0.2, 0) is 10.0 Å². The van der Waals surface area contributed by atoms with Crippen molar-refractivity contribution in [3.8, 4) is 5.75 Å². The second kappa shape index (κ2) is 12.8. The van der Waals surface area contributed by atoms with Crippen molar-refractivity contribution in [1.29, 1.82) is 0 Å². The third-order valence-electron chi connectivity index (χ3n) is 5.22. The molecule has 3 N–H and O–H groups in total. The van der Waals surface area contributed by atoms with Gasteiger partial charge in [0.2, 0.25) is 10.0 Å². The van der Waals surface area contributed by atoms with Crippen molar-refractivity contribution >= 4 is 16.0 Å². The van der Waals surface area contributed by atoms with Crippen molar-refractivity contribution in [2.45, 2.75) is 39.2 Å². The zero-order valence-corrected chi connectivity index (χ0v) is 19.3. The summed E-state index contributed by atoms with van der Waals surface area (Å²) in [6, 6.07) is 8.44. The largest absolute Gasteiger partial charge is 0.497 e. The van der Waals surface area contributed by atoms with Crippen LogP contribution in [0.3, 0.4) is 0 Å². The molecule has 0 aromatic heterocycles. The molecule has 1 unspecified atom stereocenters. The number of aliphatic imine (C=N–C) groups is 1. The Morgan fingerprint density at radius 2 is 1.80 bits per heavy atom. The molecule has 1 saturated heterocycles. The molecule has 0 amide bonds. The summed E-state index contributed by atoms with van der Waals surface area (Å²) >= 11 is 0. The highest BCUT2D eigenvalue weighted by molar-refractivity contribution is 7.89. The monoisotopic (exact) mass is 439 g/mol. The van der Waals surface area contributed by atoms with Crippen LogP contribution < -0.4 is 20.1 Å². The summed E-state index contributed by atoms with van der Waals surface area (Å²) in [6.45, 7) is 7.97. The van der Waals surface area contributed by atoms with Crippen molar-refractivity contribution in [1.82, 2.24) is 20.3 Å². The Bertz CT molecular complexity index is 746. The van der Waals surface area contributed by atoms with E-state index in [4.69, 9.17) is 9.73 Å². The molecule has 30 heavy (non-hydrogen) atoms. The van der Waals surface area contributed by atoms with Gasteiger partial charge in [-0.25, -0.2) is 13.1 Å². The third kappa shape index (κ3) is 8.12. The van der Waals surface area contributed by atoms with Crippen molar-refractivity contribution < 1.29 is 13.2 Å². The molecule has 1 fully saturated rings. The van der Waals surface area contributed by atoms with E-state index in [0.29, 0.717) is 25.6 Å². The lowest BCUT2D eigenvalue weighted by molar-refractivity contribution is 0.167. The minimum absolute atomic E-state index is 0.0839. The first-order valence-electron chi connectivity index (χ1n) is 10.9. The minimum Gasteiger partial charge on any atom is -0.497 e. The molecule has 2 rings (SSSR count). The molecule has 9 heteroatoms. The summed E-state index contributed by atoms with van der Waals surface area (Å²) < 4.78 is 31.0. The standard InChI is InChI=1S/C21H37N5O3S/c1-4-22-21(23-13-14-25-30(27,28)5-2)24-17-20(26-15-7-6-8-16-26)18-9-11-19(29-3)12-10-18/h9-12,20,25H,4-8,13-17H2,1-3H3,(H2,22,23,24). The first-order chi connectivity index (χ1) is 14.5. The van der Waals surface area contributed by atoms with Gasteiger partial charge < -0.3 is 15.4 Å². The predicted molar refractivity (Wildman–Crippen MR) is 123 cm³/mol. The highest BCUT2D eigenvalue weighted by atomic mass is 32.2. The van der Waals surface area contributed by atoms with Gasteiger partial charge in [0.15, 0.2) is 5.96 Å². The van der Waals surface area contributed by atoms with E-state index in [0.717, 1.165) is 25.4 Å². The van der Waals surface area contributed by atoms with Crippen molar-refractivity contribution in [2.24, 2.45) is 4.99 Å². The molecule has 0 aliphatic carbocycles. The average Bonchev–Trinajstić information content (AvgIpc) is 2.78. The number of rotatable bonds is 11. The number of benzene rings is 1. The van der Waals surface area contributed by atoms with Gasteiger partial charge in [-0.2, -0.15) is 0 Å². The Morgan fingerprint density at radius 1 is 1.10 bits per heavy atom. The van der Waals surface area contributed by atoms with Crippen LogP contribution in [0.1, 0.15) is 44.7 Å². The molecule has 0 bridgehead atoms. The Morgan fingerprint density at radius 3 is 2.40 bits per heavy atom. The Balaban J connectivity index is 2.05. The Hall–Kier alpha value is -1.84. The number of ether oxygens (including phenoxy) is 1. The van der Waals surface area contributed by atoms with E-state index >= 15 is 0 Å². The first-order valence-corrected chi connectivity index (χ1v) is 12.5.